The van der Waals surface area contributed by atoms with Gasteiger partial charge in [0, 0.05) is 26.7 Å². The van der Waals surface area contributed by atoms with Crippen molar-refractivity contribution in [3.63, 3.8) is 0 Å². The lowest BCUT2D eigenvalue weighted by atomic mass is 10.1. The first-order valence-corrected chi connectivity index (χ1v) is 8.05. The quantitative estimate of drug-likeness (QED) is 0.831. The third kappa shape index (κ3) is 3.48. The van der Waals surface area contributed by atoms with Crippen molar-refractivity contribution in [3.8, 4) is 0 Å². The molecule has 6 heteroatoms. The van der Waals surface area contributed by atoms with Gasteiger partial charge in [0.1, 0.15) is 12.2 Å². The van der Waals surface area contributed by atoms with Crippen molar-refractivity contribution in [2.24, 2.45) is 7.05 Å². The third-order valence-corrected chi connectivity index (χ3v) is 4.10. The van der Waals surface area contributed by atoms with Gasteiger partial charge >= 0.3 is 0 Å². The second-order valence-electron chi connectivity index (χ2n) is 6.19. The Kier molecular flexibility index (Phi) is 5.21. The standard InChI is InChI=1S/C16H26N4O2/c1-5-6-7-19-8-9-20(11-15(19)21)16(22)14-10-13(12(2)3)17-18(14)4/h10,12H,5-9,11H2,1-4H3. The van der Waals surface area contributed by atoms with Crippen LogP contribution in [0.1, 0.15) is 55.7 Å². The van der Waals surface area contributed by atoms with E-state index in [4.69, 9.17) is 0 Å². The second-order valence-corrected chi connectivity index (χ2v) is 6.19. The molecule has 1 aliphatic rings. The van der Waals surface area contributed by atoms with Crippen molar-refractivity contribution in [2.45, 2.75) is 39.5 Å². The van der Waals surface area contributed by atoms with Crippen LogP contribution < -0.4 is 0 Å². The minimum absolute atomic E-state index is 0.0410. The average molecular weight is 306 g/mol. The second kappa shape index (κ2) is 6.94. The maximum absolute atomic E-state index is 12.6. The van der Waals surface area contributed by atoms with Gasteiger partial charge in [-0.15, -0.1) is 0 Å². The Bertz CT molecular complexity index is 550. The van der Waals surface area contributed by atoms with E-state index >= 15 is 0 Å². The molecule has 1 saturated heterocycles. The fourth-order valence-electron chi connectivity index (χ4n) is 2.60. The van der Waals surface area contributed by atoms with E-state index in [1.54, 1.807) is 16.6 Å². The van der Waals surface area contributed by atoms with Gasteiger partial charge in [-0.1, -0.05) is 27.2 Å². The Hall–Kier alpha value is -1.85. The zero-order valence-electron chi connectivity index (χ0n) is 14.0. The van der Waals surface area contributed by atoms with E-state index in [0.29, 0.717) is 18.8 Å². The number of nitrogens with zero attached hydrogens (tertiary/aromatic N) is 4. The molecule has 0 unspecified atom stereocenters. The summed E-state index contributed by atoms with van der Waals surface area (Å²) in [6.07, 6.45) is 2.08. The molecule has 0 N–H and O–H groups in total. The Labute approximate surface area is 132 Å². The average Bonchev–Trinajstić information content (AvgIpc) is 2.87. The number of hydrogen-bond acceptors (Lipinski definition) is 3. The first-order valence-electron chi connectivity index (χ1n) is 8.05. The van der Waals surface area contributed by atoms with E-state index in [1.807, 2.05) is 24.8 Å². The highest BCUT2D eigenvalue weighted by molar-refractivity contribution is 5.95. The lowest BCUT2D eigenvalue weighted by Crippen LogP contribution is -2.52. The maximum atomic E-state index is 12.6. The van der Waals surface area contributed by atoms with E-state index in [9.17, 15) is 9.59 Å². The number of carbonyl (C=O) groups excluding carboxylic acids is 2. The Morgan fingerprint density at radius 2 is 2.09 bits per heavy atom. The molecule has 1 aromatic heterocycles. The highest BCUT2D eigenvalue weighted by Crippen LogP contribution is 2.16. The van der Waals surface area contributed by atoms with Crippen LogP contribution in [0.15, 0.2) is 6.07 Å². The summed E-state index contributed by atoms with van der Waals surface area (Å²) in [5, 5.41) is 4.37. The molecular formula is C16H26N4O2. The molecule has 1 fully saturated rings. The van der Waals surface area contributed by atoms with Crippen molar-refractivity contribution < 1.29 is 9.59 Å². The van der Waals surface area contributed by atoms with Gasteiger partial charge in [0.15, 0.2) is 0 Å². The SMILES string of the molecule is CCCCN1CCN(C(=O)c2cc(C(C)C)nn2C)CC1=O. The van der Waals surface area contributed by atoms with Gasteiger partial charge in [-0.2, -0.15) is 5.10 Å². The maximum Gasteiger partial charge on any atom is 0.272 e. The summed E-state index contributed by atoms with van der Waals surface area (Å²) >= 11 is 0. The van der Waals surface area contributed by atoms with Gasteiger partial charge in [0.05, 0.1) is 5.69 Å². The van der Waals surface area contributed by atoms with Gasteiger partial charge in [-0.25, -0.2) is 0 Å². The normalized spacial score (nSPS) is 15.8. The van der Waals surface area contributed by atoms with Crippen molar-refractivity contribution in [3.05, 3.63) is 17.5 Å². The summed E-state index contributed by atoms with van der Waals surface area (Å²) in [6.45, 7) is 8.39. The van der Waals surface area contributed by atoms with Crippen molar-refractivity contribution in [2.75, 3.05) is 26.2 Å². The smallest absolute Gasteiger partial charge is 0.272 e. The van der Waals surface area contributed by atoms with Crippen LogP contribution in [0.25, 0.3) is 0 Å². The van der Waals surface area contributed by atoms with Crippen LogP contribution in [0.2, 0.25) is 0 Å². The Balaban J connectivity index is 2.04. The Morgan fingerprint density at radius 3 is 2.64 bits per heavy atom. The summed E-state index contributed by atoms with van der Waals surface area (Å²) in [4.78, 5) is 28.3. The number of rotatable bonds is 5. The van der Waals surface area contributed by atoms with Crippen molar-refractivity contribution in [1.82, 2.24) is 19.6 Å². The first kappa shape index (κ1) is 16.5. The molecule has 122 valence electrons. The summed E-state index contributed by atoms with van der Waals surface area (Å²) in [6, 6.07) is 1.83. The largest absolute Gasteiger partial charge is 0.339 e. The molecule has 0 bridgehead atoms. The molecule has 2 heterocycles. The number of carbonyl (C=O) groups is 2. The van der Waals surface area contributed by atoms with E-state index in [-0.39, 0.29) is 24.3 Å². The number of hydrogen-bond donors (Lipinski definition) is 0. The van der Waals surface area contributed by atoms with E-state index < -0.39 is 0 Å². The fraction of sp³-hybridized carbons (Fsp3) is 0.688. The molecule has 1 aliphatic heterocycles. The molecule has 0 atom stereocenters. The molecule has 2 amide bonds. The molecule has 0 spiro atoms. The van der Waals surface area contributed by atoms with Gasteiger partial charge in [-0.3, -0.25) is 14.3 Å². The molecule has 0 aliphatic carbocycles. The molecule has 0 radical (unpaired) electrons. The van der Waals surface area contributed by atoms with Crippen LogP contribution in [0.3, 0.4) is 0 Å². The number of unbranched alkanes of at least 4 members (excludes halogenated alkanes) is 1. The number of amides is 2. The zero-order valence-corrected chi connectivity index (χ0v) is 14.0. The minimum atomic E-state index is -0.106. The first-order chi connectivity index (χ1) is 10.4. The van der Waals surface area contributed by atoms with E-state index in [1.165, 1.54) is 0 Å². The van der Waals surface area contributed by atoms with Gasteiger partial charge in [0.25, 0.3) is 5.91 Å². The predicted octanol–water partition coefficient (Wildman–Crippen LogP) is 1.63. The minimum Gasteiger partial charge on any atom is -0.339 e. The summed E-state index contributed by atoms with van der Waals surface area (Å²) < 4.78 is 1.62. The van der Waals surface area contributed by atoms with Gasteiger partial charge in [-0.05, 0) is 18.4 Å². The fourth-order valence-corrected chi connectivity index (χ4v) is 2.60. The number of aromatic nitrogens is 2. The van der Waals surface area contributed by atoms with E-state index in [2.05, 4.69) is 12.0 Å². The van der Waals surface area contributed by atoms with Crippen LogP contribution in [-0.4, -0.2) is 57.6 Å². The van der Waals surface area contributed by atoms with Gasteiger partial charge < -0.3 is 9.80 Å². The molecule has 6 nitrogen and oxygen atoms in total. The molecule has 1 aromatic rings. The highest BCUT2D eigenvalue weighted by atomic mass is 16.2. The molecule has 0 aromatic carbocycles. The monoisotopic (exact) mass is 306 g/mol. The van der Waals surface area contributed by atoms with Crippen molar-refractivity contribution in [1.29, 1.82) is 0 Å². The summed E-state index contributed by atoms with van der Waals surface area (Å²) in [7, 11) is 1.78. The number of aryl methyl sites for hydroxylation is 1. The molecule has 0 saturated carbocycles. The van der Waals surface area contributed by atoms with Crippen LogP contribution >= 0.6 is 0 Å². The lowest BCUT2D eigenvalue weighted by molar-refractivity contribution is -0.135. The van der Waals surface area contributed by atoms with Crippen LogP contribution in [0, 0.1) is 0 Å². The third-order valence-electron chi connectivity index (χ3n) is 4.10. The van der Waals surface area contributed by atoms with Gasteiger partial charge in [0.2, 0.25) is 5.91 Å². The van der Waals surface area contributed by atoms with Crippen LogP contribution in [0.5, 0.6) is 0 Å². The van der Waals surface area contributed by atoms with E-state index in [0.717, 1.165) is 25.1 Å². The molecular weight excluding hydrogens is 280 g/mol. The summed E-state index contributed by atoms with van der Waals surface area (Å²) in [5.41, 5.74) is 1.46. The molecule has 2 rings (SSSR count). The molecule has 22 heavy (non-hydrogen) atoms. The topological polar surface area (TPSA) is 58.4 Å². The Morgan fingerprint density at radius 1 is 1.36 bits per heavy atom. The zero-order chi connectivity index (χ0) is 16.3. The predicted molar refractivity (Wildman–Crippen MR) is 84.7 cm³/mol. The van der Waals surface area contributed by atoms with Crippen LogP contribution in [0.4, 0.5) is 0 Å². The summed E-state index contributed by atoms with van der Waals surface area (Å²) in [5.74, 6) is 0.213. The van der Waals surface area contributed by atoms with Crippen molar-refractivity contribution >= 4 is 11.8 Å². The number of piperazine rings is 1. The highest BCUT2D eigenvalue weighted by Gasteiger charge is 2.29. The van der Waals surface area contributed by atoms with Crippen LogP contribution in [-0.2, 0) is 11.8 Å². The lowest BCUT2D eigenvalue weighted by Gasteiger charge is -2.34.